The molecule has 2 atom stereocenters. The van der Waals surface area contributed by atoms with Crippen molar-refractivity contribution >= 4 is 32.5 Å². The number of rotatable bonds is 6. The van der Waals surface area contributed by atoms with E-state index in [1.807, 2.05) is 0 Å². The van der Waals surface area contributed by atoms with Crippen molar-refractivity contribution in [3.63, 3.8) is 0 Å². The molecule has 2 unspecified atom stereocenters. The highest BCUT2D eigenvalue weighted by Gasteiger charge is 2.53. The third-order valence-electron chi connectivity index (χ3n) is 4.28. The summed E-state index contributed by atoms with van der Waals surface area (Å²) in [6, 6.07) is -1.32. The lowest BCUT2D eigenvalue weighted by molar-refractivity contribution is -0.148. The van der Waals surface area contributed by atoms with Crippen LogP contribution in [0.4, 0.5) is 18.0 Å². The smallest absolute Gasteiger partial charge is 0.464 e. The van der Waals surface area contributed by atoms with E-state index in [1.165, 1.54) is 6.92 Å². The van der Waals surface area contributed by atoms with Crippen molar-refractivity contribution < 1.29 is 57.4 Å². The standard InChI is InChI=1S/C14H13F3N2O10S2/c1-2-27-12(20)11-8-4-3-7(28-30(22,23)14(15,16)17)5-9(8)10-6-18(11)13(21)19(10)29-31(24,25)26/h3-5,10-11H,2,6H2,1H3,(H,24,25,26). The van der Waals surface area contributed by atoms with Gasteiger partial charge in [-0.15, -0.1) is 4.28 Å². The first-order chi connectivity index (χ1) is 14.2. The minimum absolute atomic E-state index is 0.00115. The molecule has 1 fully saturated rings. The van der Waals surface area contributed by atoms with Crippen LogP contribution >= 0.6 is 0 Å². The number of benzene rings is 1. The second-order valence-electron chi connectivity index (χ2n) is 6.21. The zero-order valence-electron chi connectivity index (χ0n) is 15.3. The number of hydroxylamine groups is 2. The maximum atomic E-state index is 12.6. The fourth-order valence-corrected chi connectivity index (χ4v) is 4.01. The van der Waals surface area contributed by atoms with Crippen molar-refractivity contribution in [2.24, 2.45) is 0 Å². The Morgan fingerprint density at radius 1 is 1.23 bits per heavy atom. The molecule has 0 radical (unpaired) electrons. The Labute approximate surface area is 173 Å². The molecule has 0 spiro atoms. The second kappa shape index (κ2) is 7.50. The molecule has 2 heterocycles. The van der Waals surface area contributed by atoms with Crippen molar-refractivity contribution in [3.05, 3.63) is 29.3 Å². The highest BCUT2D eigenvalue weighted by molar-refractivity contribution is 7.88. The van der Waals surface area contributed by atoms with Gasteiger partial charge in [-0.3, -0.25) is 4.55 Å². The van der Waals surface area contributed by atoms with Crippen LogP contribution < -0.4 is 4.18 Å². The number of alkyl halides is 3. The molecular weight excluding hydrogens is 477 g/mol. The molecule has 17 heteroatoms. The van der Waals surface area contributed by atoms with Crippen LogP contribution in [0.25, 0.3) is 0 Å². The lowest BCUT2D eigenvalue weighted by atomic mass is 9.91. The van der Waals surface area contributed by atoms with Gasteiger partial charge >= 0.3 is 38.0 Å². The third kappa shape index (κ3) is 4.25. The van der Waals surface area contributed by atoms with Gasteiger partial charge in [0.1, 0.15) is 11.8 Å². The van der Waals surface area contributed by atoms with Crippen LogP contribution in [0.2, 0.25) is 0 Å². The number of esters is 1. The van der Waals surface area contributed by atoms with Crippen LogP contribution in [0.15, 0.2) is 18.2 Å². The van der Waals surface area contributed by atoms with Crippen molar-refractivity contribution in [3.8, 4) is 5.75 Å². The van der Waals surface area contributed by atoms with Crippen molar-refractivity contribution in [2.75, 3.05) is 13.2 Å². The average Bonchev–Trinajstić information content (AvgIpc) is 2.87. The van der Waals surface area contributed by atoms with Crippen LogP contribution in [0.3, 0.4) is 0 Å². The highest BCUT2D eigenvalue weighted by Crippen LogP contribution is 2.46. The van der Waals surface area contributed by atoms with Crippen molar-refractivity contribution in [1.29, 1.82) is 0 Å². The van der Waals surface area contributed by atoms with Crippen molar-refractivity contribution in [2.45, 2.75) is 24.5 Å². The van der Waals surface area contributed by atoms with Crippen LogP contribution in [0.1, 0.15) is 30.1 Å². The van der Waals surface area contributed by atoms with Crippen molar-refractivity contribution in [1.82, 2.24) is 9.96 Å². The van der Waals surface area contributed by atoms with Crippen LogP contribution in [0.5, 0.6) is 5.75 Å². The summed E-state index contributed by atoms with van der Waals surface area (Å²) in [6.07, 6.45) is 0. The molecule has 1 aromatic carbocycles. The van der Waals surface area contributed by atoms with E-state index in [1.54, 1.807) is 0 Å². The molecule has 1 N–H and O–H groups in total. The van der Waals surface area contributed by atoms with Gasteiger partial charge in [0.25, 0.3) is 0 Å². The van der Waals surface area contributed by atoms with Crippen LogP contribution in [-0.2, 0) is 34.3 Å². The molecule has 172 valence electrons. The molecule has 1 saturated heterocycles. The third-order valence-corrected chi connectivity index (χ3v) is 5.61. The molecule has 2 amide bonds. The summed E-state index contributed by atoms with van der Waals surface area (Å²) >= 11 is 0. The molecule has 0 saturated carbocycles. The SMILES string of the molecule is CCOC(=O)C1c2ccc(OS(=O)(=O)C(F)(F)F)cc2C2CN1C(=O)N2OS(=O)(=O)O. The Morgan fingerprint density at radius 2 is 1.87 bits per heavy atom. The summed E-state index contributed by atoms with van der Waals surface area (Å²) in [5.74, 6) is -1.76. The minimum atomic E-state index is -6.03. The quantitative estimate of drug-likeness (QED) is 0.264. The topological polar surface area (TPSA) is 157 Å². The monoisotopic (exact) mass is 490 g/mol. The first-order valence-corrected chi connectivity index (χ1v) is 11.0. The maximum absolute atomic E-state index is 12.6. The summed E-state index contributed by atoms with van der Waals surface area (Å²) in [6.45, 7) is 0.996. The fraction of sp³-hybridized carbons (Fsp3) is 0.429. The summed E-state index contributed by atoms with van der Waals surface area (Å²) < 4.78 is 105. The molecule has 31 heavy (non-hydrogen) atoms. The van der Waals surface area contributed by atoms with Gasteiger partial charge in [0.15, 0.2) is 6.04 Å². The maximum Gasteiger partial charge on any atom is 0.534 e. The molecule has 12 nitrogen and oxygen atoms in total. The zero-order valence-corrected chi connectivity index (χ0v) is 16.9. The Bertz CT molecular complexity index is 1140. The van der Waals surface area contributed by atoms with E-state index in [-0.39, 0.29) is 29.3 Å². The van der Waals surface area contributed by atoms with E-state index in [0.717, 1.165) is 23.1 Å². The number of amides is 2. The summed E-state index contributed by atoms with van der Waals surface area (Å²) in [7, 11) is -11.2. The first-order valence-electron chi connectivity index (χ1n) is 8.24. The van der Waals surface area contributed by atoms with Gasteiger partial charge in [-0.1, -0.05) is 6.07 Å². The van der Waals surface area contributed by atoms with Gasteiger partial charge in [0, 0.05) is 0 Å². The molecule has 2 aliphatic heterocycles. The lowest BCUT2D eigenvalue weighted by Gasteiger charge is -2.31. The Kier molecular flexibility index (Phi) is 5.58. The zero-order chi connectivity index (χ0) is 23.4. The summed E-state index contributed by atoms with van der Waals surface area (Å²) in [5.41, 5.74) is -5.88. The lowest BCUT2D eigenvalue weighted by Crippen LogP contribution is -2.39. The van der Waals surface area contributed by atoms with E-state index in [0.29, 0.717) is 0 Å². The van der Waals surface area contributed by atoms with Gasteiger partial charge in [0.2, 0.25) is 0 Å². The number of carbonyl (C=O) groups excluding carboxylic acids is 2. The van der Waals surface area contributed by atoms with Crippen LogP contribution in [0, 0.1) is 0 Å². The molecule has 1 aromatic rings. The molecule has 3 rings (SSSR count). The van der Waals surface area contributed by atoms with E-state index in [2.05, 4.69) is 8.47 Å². The number of urea groups is 1. The predicted octanol–water partition coefficient (Wildman–Crippen LogP) is 1.05. The number of fused-ring (bicyclic) bond motifs is 4. The molecule has 0 aromatic heterocycles. The number of halogens is 3. The number of carbonyl (C=O) groups is 2. The molecule has 2 aliphatic rings. The van der Waals surface area contributed by atoms with Crippen LogP contribution in [-0.4, -0.2) is 62.0 Å². The molecule has 0 aliphatic carbocycles. The van der Waals surface area contributed by atoms with E-state index in [9.17, 15) is 39.6 Å². The van der Waals surface area contributed by atoms with Gasteiger partial charge in [-0.25, -0.2) is 9.59 Å². The van der Waals surface area contributed by atoms with Gasteiger partial charge < -0.3 is 13.8 Å². The first kappa shape index (κ1) is 23.0. The van der Waals surface area contributed by atoms with Gasteiger partial charge in [0.05, 0.1) is 13.2 Å². The number of nitrogens with zero attached hydrogens (tertiary/aromatic N) is 2. The minimum Gasteiger partial charge on any atom is -0.464 e. The summed E-state index contributed by atoms with van der Waals surface area (Å²) in [4.78, 5) is 25.8. The fourth-order valence-electron chi connectivity index (χ4n) is 3.18. The number of ether oxygens (including phenoxy) is 1. The normalized spacial score (nSPS) is 21.1. The molecule has 2 bridgehead atoms. The number of hydrogen-bond donors (Lipinski definition) is 1. The van der Waals surface area contributed by atoms with E-state index in [4.69, 9.17) is 9.29 Å². The highest BCUT2D eigenvalue weighted by atomic mass is 32.3. The second-order valence-corrected chi connectivity index (χ2v) is 8.75. The number of hydrogen-bond acceptors (Lipinski definition) is 9. The largest absolute Gasteiger partial charge is 0.534 e. The van der Waals surface area contributed by atoms with Gasteiger partial charge in [-0.05, 0) is 30.2 Å². The molecular formula is C14H13F3N2O10S2. The van der Waals surface area contributed by atoms with E-state index >= 15 is 0 Å². The summed E-state index contributed by atoms with van der Waals surface area (Å²) in [5, 5.41) is 0.190. The Hall–Kier alpha value is -2.63. The van der Waals surface area contributed by atoms with Gasteiger partial charge in [-0.2, -0.15) is 35.1 Å². The van der Waals surface area contributed by atoms with E-state index < -0.39 is 55.9 Å². The predicted molar refractivity (Wildman–Crippen MR) is 90.7 cm³/mol. The average molecular weight is 490 g/mol. The Balaban J connectivity index is 2.10. The Morgan fingerprint density at radius 3 is 2.42 bits per heavy atom.